The van der Waals surface area contributed by atoms with Gasteiger partial charge < -0.3 is 14.5 Å². The third-order valence-corrected chi connectivity index (χ3v) is 4.31. The van der Waals surface area contributed by atoms with E-state index in [2.05, 4.69) is 16.1 Å². The number of imide groups is 1. The van der Waals surface area contributed by atoms with Crippen LogP contribution in [0, 0.1) is 0 Å². The lowest BCUT2D eigenvalue weighted by Gasteiger charge is -2.29. The van der Waals surface area contributed by atoms with E-state index < -0.39 is 12.0 Å². The highest BCUT2D eigenvalue weighted by molar-refractivity contribution is 5.92. The van der Waals surface area contributed by atoms with Crippen molar-refractivity contribution in [2.24, 2.45) is 0 Å². The number of amides is 3. The molecule has 0 aromatic heterocycles. The third-order valence-electron chi connectivity index (χ3n) is 4.31. The zero-order valence-electron chi connectivity index (χ0n) is 14.8. The van der Waals surface area contributed by atoms with Crippen molar-refractivity contribution in [1.29, 1.82) is 0 Å². The molecule has 1 aliphatic rings. The predicted molar refractivity (Wildman–Crippen MR) is 92.0 cm³/mol. The smallest absolute Gasteiger partial charge is 0.414 e. The number of ether oxygens (including phenoxy) is 1. The molecule has 0 bridgehead atoms. The summed E-state index contributed by atoms with van der Waals surface area (Å²) in [5.41, 5.74) is 2.47. The van der Waals surface area contributed by atoms with Gasteiger partial charge in [0.15, 0.2) is 13.1 Å². The molecule has 0 fully saturated rings. The molecule has 1 aliphatic heterocycles. The third kappa shape index (κ3) is 5.56. The Hall–Kier alpha value is -2.41. The average Bonchev–Trinajstić information content (AvgIpc) is 2.60. The summed E-state index contributed by atoms with van der Waals surface area (Å²) in [6, 6.07) is 8.14. The number of hydrogen-bond donors (Lipinski definition) is 2. The first kappa shape index (κ1) is 18.9. The van der Waals surface area contributed by atoms with E-state index in [1.165, 1.54) is 11.1 Å². The second-order valence-corrected chi connectivity index (χ2v) is 6.06. The van der Waals surface area contributed by atoms with Gasteiger partial charge >= 0.3 is 6.09 Å². The van der Waals surface area contributed by atoms with Crippen LogP contribution in [0.5, 0.6) is 0 Å². The van der Waals surface area contributed by atoms with Gasteiger partial charge in [-0.25, -0.2) is 4.79 Å². The molecule has 0 aliphatic carbocycles. The zero-order valence-corrected chi connectivity index (χ0v) is 14.8. The molecule has 1 aromatic carbocycles. The van der Waals surface area contributed by atoms with Crippen LogP contribution in [0.15, 0.2) is 24.3 Å². The molecule has 1 unspecified atom stereocenters. The molecule has 7 nitrogen and oxygen atoms in total. The molecular formula is C18H26N3O4+. The van der Waals surface area contributed by atoms with Crippen molar-refractivity contribution in [1.82, 2.24) is 10.2 Å². The summed E-state index contributed by atoms with van der Waals surface area (Å²) in [6.45, 7) is 6.00. The fourth-order valence-corrected chi connectivity index (χ4v) is 2.90. The molecule has 7 heteroatoms. The van der Waals surface area contributed by atoms with Gasteiger partial charge in [0.1, 0.15) is 0 Å². The van der Waals surface area contributed by atoms with Crippen LogP contribution in [-0.4, -0.2) is 55.6 Å². The molecule has 0 saturated carbocycles. The molecule has 25 heavy (non-hydrogen) atoms. The van der Waals surface area contributed by atoms with E-state index in [0.29, 0.717) is 19.6 Å². The summed E-state index contributed by atoms with van der Waals surface area (Å²) >= 11 is 0. The van der Waals surface area contributed by atoms with E-state index in [0.717, 1.165) is 11.3 Å². The quantitative estimate of drug-likeness (QED) is 0.743. The van der Waals surface area contributed by atoms with Crippen molar-refractivity contribution in [3.63, 3.8) is 0 Å². The number of rotatable bonds is 6. The Kier molecular flexibility index (Phi) is 6.94. The van der Waals surface area contributed by atoms with Gasteiger partial charge in [0.2, 0.25) is 0 Å². The van der Waals surface area contributed by atoms with Crippen LogP contribution in [0.2, 0.25) is 0 Å². The zero-order chi connectivity index (χ0) is 18.2. The molecule has 0 spiro atoms. The van der Waals surface area contributed by atoms with Gasteiger partial charge in [-0.2, -0.15) is 0 Å². The lowest BCUT2D eigenvalue weighted by atomic mass is 10.00. The van der Waals surface area contributed by atoms with E-state index in [1.54, 1.807) is 6.92 Å². The lowest BCUT2D eigenvalue weighted by Crippen LogP contribution is -3.14. The van der Waals surface area contributed by atoms with E-state index in [1.807, 2.05) is 30.0 Å². The number of fused-ring (bicyclic) bond motifs is 1. The molecule has 2 rings (SSSR count). The maximum atomic E-state index is 12.6. The minimum Gasteiger partial charge on any atom is -0.450 e. The summed E-state index contributed by atoms with van der Waals surface area (Å²) in [4.78, 5) is 38.3. The first-order valence-electron chi connectivity index (χ1n) is 8.68. The predicted octanol–water partition coefficient (Wildman–Crippen LogP) is -0.251. The van der Waals surface area contributed by atoms with Gasteiger partial charge in [-0.1, -0.05) is 24.3 Å². The van der Waals surface area contributed by atoms with E-state index >= 15 is 0 Å². The number of benzene rings is 1. The van der Waals surface area contributed by atoms with Gasteiger partial charge in [0, 0.05) is 13.1 Å². The highest BCUT2D eigenvalue weighted by atomic mass is 16.5. The molecule has 3 amide bonds. The fraction of sp³-hybridized carbons (Fsp3) is 0.500. The summed E-state index contributed by atoms with van der Waals surface area (Å²) in [5.74, 6) is -0.414. The second kappa shape index (κ2) is 9.17. The number of quaternary nitrogens is 1. The molecule has 1 aromatic rings. The Morgan fingerprint density at radius 2 is 1.88 bits per heavy atom. The Morgan fingerprint density at radius 3 is 2.56 bits per heavy atom. The van der Waals surface area contributed by atoms with E-state index in [9.17, 15) is 14.4 Å². The fourth-order valence-electron chi connectivity index (χ4n) is 2.90. The normalized spacial score (nSPS) is 14.4. The van der Waals surface area contributed by atoms with Crippen LogP contribution in [0.3, 0.4) is 0 Å². The van der Waals surface area contributed by atoms with Crippen LogP contribution in [-0.2, 0) is 27.3 Å². The molecule has 136 valence electrons. The van der Waals surface area contributed by atoms with Crippen LogP contribution in [0.25, 0.3) is 0 Å². The highest BCUT2D eigenvalue weighted by Gasteiger charge is 2.25. The van der Waals surface area contributed by atoms with Crippen molar-refractivity contribution in [2.45, 2.75) is 26.8 Å². The van der Waals surface area contributed by atoms with Gasteiger partial charge in [-0.05, 0) is 31.4 Å². The van der Waals surface area contributed by atoms with Crippen molar-refractivity contribution in [3.8, 4) is 0 Å². The highest BCUT2D eigenvalue weighted by Crippen LogP contribution is 2.18. The minimum atomic E-state index is -0.748. The Labute approximate surface area is 147 Å². The van der Waals surface area contributed by atoms with Gasteiger partial charge in [0.25, 0.3) is 11.8 Å². The van der Waals surface area contributed by atoms with Crippen molar-refractivity contribution >= 4 is 17.9 Å². The topological polar surface area (TPSA) is 80.1 Å². The summed E-state index contributed by atoms with van der Waals surface area (Å²) in [5, 5.41) is 2.17. The number of nitrogens with zero attached hydrogens (tertiary/aromatic N) is 1. The maximum absolute atomic E-state index is 12.6. The first-order chi connectivity index (χ1) is 12.0. The number of carbonyl (C=O) groups excluding carboxylic acids is 3. The summed E-state index contributed by atoms with van der Waals surface area (Å²) in [7, 11) is 0. The van der Waals surface area contributed by atoms with Crippen LogP contribution in [0.1, 0.15) is 25.0 Å². The molecule has 0 radical (unpaired) electrons. The Morgan fingerprint density at radius 1 is 1.16 bits per heavy atom. The maximum Gasteiger partial charge on any atom is 0.414 e. The van der Waals surface area contributed by atoms with Gasteiger partial charge in [-0.3, -0.25) is 14.9 Å². The largest absolute Gasteiger partial charge is 0.450 e. The average molecular weight is 348 g/mol. The number of hydrogen-bond acceptors (Lipinski definition) is 4. The van der Waals surface area contributed by atoms with Crippen LogP contribution in [0.4, 0.5) is 4.79 Å². The molecular weight excluding hydrogens is 322 g/mol. The Balaban J connectivity index is 1.85. The molecule has 0 saturated heterocycles. The number of likely N-dealkylation sites (N-methyl/N-ethyl adjacent to an activating group) is 1. The van der Waals surface area contributed by atoms with Crippen molar-refractivity contribution < 1.29 is 24.0 Å². The van der Waals surface area contributed by atoms with Gasteiger partial charge in [-0.15, -0.1) is 0 Å². The van der Waals surface area contributed by atoms with Gasteiger partial charge in [0.05, 0.1) is 13.2 Å². The second-order valence-electron chi connectivity index (χ2n) is 6.06. The number of carbonyl (C=O) groups is 3. The lowest BCUT2D eigenvalue weighted by molar-refractivity contribution is -0.882. The summed E-state index contributed by atoms with van der Waals surface area (Å²) < 4.78 is 4.68. The number of nitrogens with one attached hydrogen (secondary N) is 2. The van der Waals surface area contributed by atoms with Crippen molar-refractivity contribution in [2.75, 3.05) is 32.8 Å². The van der Waals surface area contributed by atoms with Crippen molar-refractivity contribution in [3.05, 3.63) is 35.4 Å². The number of alkyl carbamates (subject to hydrolysis) is 1. The first-order valence-corrected chi connectivity index (χ1v) is 8.68. The molecule has 1 heterocycles. The molecule has 1 atom stereocenters. The van der Waals surface area contributed by atoms with Crippen LogP contribution < -0.4 is 10.2 Å². The Bertz CT molecular complexity index is 633. The SMILES string of the molecule is CCOC(=O)NC(=O)C[NH+](CC)CC(=O)N1CCc2ccccc2C1. The molecule has 2 N–H and O–H groups in total. The van der Waals surface area contributed by atoms with E-state index in [-0.39, 0.29) is 25.6 Å². The van der Waals surface area contributed by atoms with E-state index in [4.69, 9.17) is 0 Å². The minimum absolute atomic E-state index is 0.0234. The van der Waals surface area contributed by atoms with Crippen LogP contribution >= 0.6 is 0 Å². The standard InChI is InChI=1S/C18H25N3O4/c1-3-20(12-16(22)19-18(24)25-4-2)13-17(23)21-10-9-14-7-5-6-8-15(14)11-21/h5-8H,3-4,9-13H2,1-2H3,(H,19,22,24)/p+1. The summed E-state index contributed by atoms with van der Waals surface area (Å²) in [6.07, 6.45) is 0.106. The monoisotopic (exact) mass is 348 g/mol.